The van der Waals surface area contributed by atoms with E-state index in [1.54, 1.807) is 6.92 Å². The molecule has 1 fully saturated rings. The molecular formula is C13H21N3O2S. The van der Waals surface area contributed by atoms with Gasteiger partial charge in [0.2, 0.25) is 0 Å². The van der Waals surface area contributed by atoms with E-state index >= 15 is 0 Å². The molecule has 1 saturated heterocycles. The van der Waals surface area contributed by atoms with E-state index < -0.39 is 0 Å². The van der Waals surface area contributed by atoms with Crippen LogP contribution in [-0.4, -0.2) is 44.2 Å². The molecule has 1 aliphatic rings. The van der Waals surface area contributed by atoms with Gasteiger partial charge in [0, 0.05) is 13.1 Å². The molecule has 0 saturated carbocycles. The topological polar surface area (TPSA) is 67.6 Å². The highest BCUT2D eigenvalue weighted by molar-refractivity contribution is 7.18. The zero-order valence-electron chi connectivity index (χ0n) is 11.4. The molecule has 1 aromatic rings. The van der Waals surface area contributed by atoms with Gasteiger partial charge in [0.15, 0.2) is 0 Å². The molecule has 3 N–H and O–H groups in total. The first-order valence-electron chi connectivity index (χ1n) is 6.59. The number of esters is 1. The molecule has 0 spiro atoms. The molecular weight excluding hydrogens is 262 g/mol. The molecule has 1 aromatic heterocycles. The smallest absolute Gasteiger partial charge is 0.350 e. The van der Waals surface area contributed by atoms with E-state index in [0.29, 0.717) is 23.1 Å². The van der Waals surface area contributed by atoms with Crippen LogP contribution in [0, 0.1) is 5.92 Å². The Labute approximate surface area is 117 Å². The van der Waals surface area contributed by atoms with Crippen LogP contribution in [0.5, 0.6) is 0 Å². The second kappa shape index (κ2) is 6.25. The van der Waals surface area contributed by atoms with Crippen molar-refractivity contribution >= 4 is 28.0 Å². The van der Waals surface area contributed by atoms with Crippen molar-refractivity contribution in [2.45, 2.75) is 13.3 Å². The van der Waals surface area contributed by atoms with Gasteiger partial charge >= 0.3 is 5.97 Å². The quantitative estimate of drug-likeness (QED) is 0.808. The monoisotopic (exact) mass is 283 g/mol. The van der Waals surface area contributed by atoms with Crippen LogP contribution in [0.3, 0.4) is 0 Å². The fourth-order valence-corrected chi connectivity index (χ4v) is 3.17. The molecule has 0 amide bonds. The van der Waals surface area contributed by atoms with Gasteiger partial charge < -0.3 is 20.7 Å². The van der Waals surface area contributed by atoms with Crippen LogP contribution in [0.4, 0.5) is 10.7 Å². The lowest BCUT2D eigenvalue weighted by Gasteiger charge is -2.11. The van der Waals surface area contributed by atoms with Gasteiger partial charge in [-0.2, -0.15) is 0 Å². The SMILES string of the molecule is CCOC(=O)c1sc(NCC2CCN(C)C2)cc1N. The summed E-state index contributed by atoms with van der Waals surface area (Å²) in [6.45, 7) is 5.36. The Morgan fingerprint density at radius 3 is 3.11 bits per heavy atom. The number of nitrogen functional groups attached to an aromatic ring is 1. The number of thiophene rings is 1. The number of ether oxygens (including phenoxy) is 1. The maximum absolute atomic E-state index is 11.7. The number of hydrogen-bond acceptors (Lipinski definition) is 6. The molecule has 6 heteroatoms. The highest BCUT2D eigenvalue weighted by Crippen LogP contribution is 2.30. The van der Waals surface area contributed by atoms with Gasteiger partial charge in [-0.05, 0) is 38.9 Å². The van der Waals surface area contributed by atoms with Gasteiger partial charge in [-0.1, -0.05) is 0 Å². The maximum Gasteiger partial charge on any atom is 0.350 e. The van der Waals surface area contributed by atoms with Crippen molar-refractivity contribution in [3.8, 4) is 0 Å². The normalized spacial score (nSPS) is 19.6. The average Bonchev–Trinajstić information content (AvgIpc) is 2.93. The van der Waals surface area contributed by atoms with Crippen molar-refractivity contribution in [1.29, 1.82) is 0 Å². The highest BCUT2D eigenvalue weighted by Gasteiger charge is 2.20. The van der Waals surface area contributed by atoms with Crippen LogP contribution in [0.1, 0.15) is 23.0 Å². The van der Waals surface area contributed by atoms with E-state index in [9.17, 15) is 4.79 Å². The van der Waals surface area contributed by atoms with Gasteiger partial charge in [0.1, 0.15) is 4.88 Å². The Morgan fingerprint density at radius 1 is 1.68 bits per heavy atom. The van der Waals surface area contributed by atoms with Crippen molar-refractivity contribution < 1.29 is 9.53 Å². The number of nitrogens with one attached hydrogen (secondary N) is 1. The van der Waals surface area contributed by atoms with E-state index in [1.807, 2.05) is 6.07 Å². The van der Waals surface area contributed by atoms with Crippen molar-refractivity contribution in [2.24, 2.45) is 5.92 Å². The third-order valence-electron chi connectivity index (χ3n) is 3.28. The molecule has 19 heavy (non-hydrogen) atoms. The Kier molecular flexibility index (Phi) is 4.66. The van der Waals surface area contributed by atoms with Crippen molar-refractivity contribution in [2.75, 3.05) is 44.3 Å². The fourth-order valence-electron chi connectivity index (χ4n) is 2.29. The van der Waals surface area contributed by atoms with Gasteiger partial charge in [-0.25, -0.2) is 4.79 Å². The third kappa shape index (κ3) is 3.61. The molecule has 5 nitrogen and oxygen atoms in total. The third-order valence-corrected chi connectivity index (χ3v) is 4.36. The molecule has 2 heterocycles. The predicted molar refractivity (Wildman–Crippen MR) is 78.8 cm³/mol. The molecule has 1 atom stereocenters. The molecule has 0 bridgehead atoms. The lowest BCUT2D eigenvalue weighted by Crippen LogP contribution is -2.18. The van der Waals surface area contributed by atoms with Crippen molar-refractivity contribution in [3.63, 3.8) is 0 Å². The summed E-state index contributed by atoms with van der Waals surface area (Å²) >= 11 is 1.37. The molecule has 0 aromatic carbocycles. The van der Waals surface area contributed by atoms with Crippen LogP contribution in [-0.2, 0) is 4.74 Å². The van der Waals surface area contributed by atoms with Crippen molar-refractivity contribution in [1.82, 2.24) is 4.90 Å². The Bertz CT molecular complexity index is 447. The number of carbonyl (C=O) groups excluding carboxylic acids is 1. The zero-order valence-corrected chi connectivity index (χ0v) is 12.3. The Balaban J connectivity index is 1.91. The molecule has 0 aliphatic carbocycles. The second-order valence-electron chi connectivity index (χ2n) is 4.91. The molecule has 106 valence electrons. The predicted octanol–water partition coefficient (Wildman–Crippen LogP) is 1.87. The summed E-state index contributed by atoms with van der Waals surface area (Å²) in [7, 11) is 2.14. The first kappa shape index (κ1) is 14.1. The minimum atomic E-state index is -0.335. The standard InChI is InChI=1S/C13H21N3O2S/c1-3-18-13(17)12-10(14)6-11(19-12)15-7-9-4-5-16(2)8-9/h6,9,15H,3-5,7-8,14H2,1-2H3. The first-order valence-corrected chi connectivity index (χ1v) is 7.40. The van der Waals surface area contributed by atoms with Crippen LogP contribution in [0.2, 0.25) is 0 Å². The largest absolute Gasteiger partial charge is 0.462 e. The number of anilines is 2. The summed E-state index contributed by atoms with van der Waals surface area (Å²) in [5, 5.41) is 4.31. The fraction of sp³-hybridized carbons (Fsp3) is 0.615. The number of carbonyl (C=O) groups is 1. The average molecular weight is 283 g/mol. The molecule has 2 rings (SSSR count). The molecule has 1 aliphatic heterocycles. The summed E-state index contributed by atoms with van der Waals surface area (Å²) in [5.41, 5.74) is 6.33. The lowest BCUT2D eigenvalue weighted by molar-refractivity contribution is 0.0533. The summed E-state index contributed by atoms with van der Waals surface area (Å²) in [5.74, 6) is 0.331. The van der Waals surface area contributed by atoms with E-state index in [1.165, 1.54) is 17.8 Å². The number of nitrogens with zero attached hydrogens (tertiary/aromatic N) is 1. The van der Waals surface area contributed by atoms with Crippen LogP contribution in [0.15, 0.2) is 6.07 Å². The van der Waals surface area contributed by atoms with E-state index in [2.05, 4.69) is 17.3 Å². The number of hydrogen-bond donors (Lipinski definition) is 2. The van der Waals surface area contributed by atoms with Gasteiger partial charge in [-0.3, -0.25) is 0 Å². The number of nitrogens with two attached hydrogens (primary N) is 1. The lowest BCUT2D eigenvalue weighted by atomic mass is 10.1. The van der Waals surface area contributed by atoms with Crippen LogP contribution in [0.25, 0.3) is 0 Å². The molecule has 0 radical (unpaired) electrons. The van der Waals surface area contributed by atoms with Gasteiger partial charge in [0.05, 0.1) is 17.3 Å². The second-order valence-corrected chi connectivity index (χ2v) is 5.97. The zero-order chi connectivity index (χ0) is 13.8. The van der Waals surface area contributed by atoms with Gasteiger partial charge in [0.25, 0.3) is 0 Å². The van der Waals surface area contributed by atoms with Gasteiger partial charge in [-0.15, -0.1) is 11.3 Å². The van der Waals surface area contributed by atoms with E-state index in [0.717, 1.165) is 24.6 Å². The minimum absolute atomic E-state index is 0.335. The van der Waals surface area contributed by atoms with Crippen LogP contribution >= 0.6 is 11.3 Å². The van der Waals surface area contributed by atoms with Crippen LogP contribution < -0.4 is 11.1 Å². The van der Waals surface area contributed by atoms with E-state index in [-0.39, 0.29) is 5.97 Å². The Hall–Kier alpha value is -1.27. The Morgan fingerprint density at radius 2 is 2.47 bits per heavy atom. The highest BCUT2D eigenvalue weighted by atomic mass is 32.1. The summed E-state index contributed by atoms with van der Waals surface area (Å²) < 4.78 is 4.97. The number of rotatable bonds is 5. The molecule has 1 unspecified atom stereocenters. The first-order chi connectivity index (χ1) is 9.10. The number of likely N-dealkylation sites (tertiary alicyclic amines) is 1. The summed E-state index contributed by atoms with van der Waals surface area (Å²) in [4.78, 5) is 14.5. The van der Waals surface area contributed by atoms with Crippen molar-refractivity contribution in [3.05, 3.63) is 10.9 Å². The summed E-state index contributed by atoms with van der Waals surface area (Å²) in [6.07, 6.45) is 1.22. The summed E-state index contributed by atoms with van der Waals surface area (Å²) in [6, 6.07) is 1.82. The minimum Gasteiger partial charge on any atom is -0.462 e. The van der Waals surface area contributed by atoms with E-state index in [4.69, 9.17) is 10.5 Å². The maximum atomic E-state index is 11.7.